The monoisotopic (exact) mass is 260 g/mol. The number of hydrogen-bond donors (Lipinski definition) is 0. The molecule has 3 nitrogen and oxygen atoms in total. The third-order valence-electron chi connectivity index (χ3n) is 3.40. The lowest BCUT2D eigenvalue weighted by molar-refractivity contribution is 0.112. The zero-order valence-corrected chi connectivity index (χ0v) is 11.4. The highest BCUT2D eigenvalue weighted by atomic mass is 19.1. The normalized spacial score (nSPS) is 11.6. The number of rotatable bonds is 4. The van der Waals surface area contributed by atoms with E-state index in [-0.39, 0.29) is 5.82 Å². The fraction of sp³-hybridized carbons (Fsp3) is 0.333. The van der Waals surface area contributed by atoms with E-state index in [9.17, 15) is 9.18 Å². The van der Waals surface area contributed by atoms with Crippen LogP contribution < -0.4 is 0 Å². The van der Waals surface area contributed by atoms with Crippen LogP contribution in [0.5, 0.6) is 0 Å². The third kappa shape index (κ3) is 2.43. The minimum Gasteiger partial charge on any atom is -0.298 e. The third-order valence-corrected chi connectivity index (χ3v) is 3.40. The Balaban J connectivity index is 2.51. The van der Waals surface area contributed by atoms with E-state index >= 15 is 0 Å². The van der Waals surface area contributed by atoms with Crippen molar-refractivity contribution in [1.82, 2.24) is 9.78 Å². The van der Waals surface area contributed by atoms with Gasteiger partial charge < -0.3 is 0 Å². The molecule has 0 fully saturated rings. The zero-order chi connectivity index (χ0) is 14.0. The molecule has 19 heavy (non-hydrogen) atoms. The molecule has 0 radical (unpaired) electrons. The van der Waals surface area contributed by atoms with Crippen LogP contribution in [0.3, 0.4) is 0 Å². The highest BCUT2D eigenvalue weighted by Crippen LogP contribution is 2.32. The van der Waals surface area contributed by atoms with Crippen molar-refractivity contribution in [3.63, 3.8) is 0 Å². The van der Waals surface area contributed by atoms with Crippen molar-refractivity contribution in [2.45, 2.75) is 32.7 Å². The van der Waals surface area contributed by atoms with E-state index in [0.717, 1.165) is 17.5 Å². The average molecular weight is 260 g/mol. The van der Waals surface area contributed by atoms with Gasteiger partial charge in [0.05, 0.1) is 11.3 Å². The van der Waals surface area contributed by atoms with Gasteiger partial charge in [-0.15, -0.1) is 0 Å². The number of aldehydes is 1. The molecule has 0 aliphatic rings. The molecule has 1 heterocycles. The lowest BCUT2D eigenvalue weighted by atomic mass is 9.80. The molecule has 0 saturated heterocycles. The molecule has 0 saturated carbocycles. The van der Waals surface area contributed by atoms with Gasteiger partial charge in [-0.05, 0) is 24.6 Å². The number of aryl methyl sites for hydroxylation is 1. The molecule has 0 aliphatic carbocycles. The number of aromatic nitrogens is 2. The van der Waals surface area contributed by atoms with Gasteiger partial charge in [-0.25, -0.2) is 4.39 Å². The smallest absolute Gasteiger partial charge is 0.153 e. The first-order valence-corrected chi connectivity index (χ1v) is 6.28. The van der Waals surface area contributed by atoms with Crippen LogP contribution >= 0.6 is 0 Å². The van der Waals surface area contributed by atoms with Crippen LogP contribution in [0.25, 0.3) is 0 Å². The first kappa shape index (κ1) is 13.5. The second kappa shape index (κ2) is 4.96. The topological polar surface area (TPSA) is 34.9 Å². The molecule has 1 aromatic carbocycles. The summed E-state index contributed by atoms with van der Waals surface area (Å²) in [4.78, 5) is 11.2. The Morgan fingerprint density at radius 3 is 2.47 bits per heavy atom. The van der Waals surface area contributed by atoms with Gasteiger partial charge in [0.15, 0.2) is 6.29 Å². The lowest BCUT2D eigenvalue weighted by Crippen LogP contribution is -2.21. The maximum absolute atomic E-state index is 13.0. The van der Waals surface area contributed by atoms with E-state index in [1.807, 2.05) is 20.8 Å². The summed E-state index contributed by atoms with van der Waals surface area (Å²) < 4.78 is 14.7. The largest absolute Gasteiger partial charge is 0.298 e. The minimum atomic E-state index is -0.440. The Hall–Kier alpha value is -1.97. The predicted molar refractivity (Wildman–Crippen MR) is 71.8 cm³/mol. The molecule has 0 aliphatic heterocycles. The molecule has 2 aromatic rings. The molecule has 0 amide bonds. The van der Waals surface area contributed by atoms with E-state index < -0.39 is 5.41 Å². The summed E-state index contributed by atoms with van der Waals surface area (Å²) in [6, 6.07) is 6.31. The zero-order valence-electron chi connectivity index (χ0n) is 11.4. The molecule has 0 spiro atoms. The van der Waals surface area contributed by atoms with Crippen LogP contribution in [-0.4, -0.2) is 16.1 Å². The minimum absolute atomic E-state index is 0.269. The van der Waals surface area contributed by atoms with Crippen LogP contribution in [0.15, 0.2) is 30.5 Å². The van der Waals surface area contributed by atoms with Crippen molar-refractivity contribution in [2.75, 3.05) is 0 Å². The molecular weight excluding hydrogens is 243 g/mol. The van der Waals surface area contributed by atoms with E-state index in [2.05, 4.69) is 5.10 Å². The van der Waals surface area contributed by atoms with Gasteiger partial charge in [0, 0.05) is 18.2 Å². The Labute approximate surface area is 112 Å². The highest BCUT2D eigenvalue weighted by molar-refractivity contribution is 5.77. The van der Waals surface area contributed by atoms with E-state index in [4.69, 9.17) is 0 Å². The van der Waals surface area contributed by atoms with Crippen molar-refractivity contribution < 1.29 is 9.18 Å². The summed E-state index contributed by atoms with van der Waals surface area (Å²) in [5.74, 6) is -0.269. The molecule has 2 rings (SSSR count). The van der Waals surface area contributed by atoms with Crippen LogP contribution in [-0.2, 0) is 12.0 Å². The Kier molecular flexibility index (Phi) is 3.51. The van der Waals surface area contributed by atoms with Crippen LogP contribution in [0, 0.1) is 5.82 Å². The number of carbonyl (C=O) groups is 1. The lowest BCUT2D eigenvalue weighted by Gasteiger charge is -2.23. The van der Waals surface area contributed by atoms with Crippen LogP contribution in [0.2, 0.25) is 0 Å². The number of nitrogens with zero attached hydrogens (tertiary/aromatic N) is 2. The SMILES string of the molecule is CCn1cc(C=O)c(C(C)(C)c2ccc(F)cc2)n1. The van der Waals surface area contributed by atoms with E-state index in [1.54, 1.807) is 23.0 Å². The van der Waals surface area contributed by atoms with E-state index in [1.165, 1.54) is 12.1 Å². The van der Waals surface area contributed by atoms with Crippen molar-refractivity contribution >= 4 is 6.29 Å². The van der Waals surface area contributed by atoms with Gasteiger partial charge in [-0.3, -0.25) is 9.48 Å². The van der Waals surface area contributed by atoms with Crippen molar-refractivity contribution in [1.29, 1.82) is 0 Å². The maximum atomic E-state index is 13.0. The Morgan fingerprint density at radius 2 is 1.95 bits per heavy atom. The average Bonchev–Trinajstić information content (AvgIpc) is 2.83. The molecule has 0 atom stereocenters. The number of halogens is 1. The summed E-state index contributed by atoms with van der Waals surface area (Å²) in [7, 11) is 0. The molecule has 4 heteroatoms. The predicted octanol–water partition coefficient (Wildman–Crippen LogP) is 3.18. The molecule has 0 N–H and O–H groups in total. The van der Waals surface area contributed by atoms with Gasteiger partial charge >= 0.3 is 0 Å². The number of benzene rings is 1. The van der Waals surface area contributed by atoms with Crippen molar-refractivity contribution in [3.8, 4) is 0 Å². The summed E-state index contributed by atoms with van der Waals surface area (Å²) in [5.41, 5.74) is 1.79. The van der Waals surface area contributed by atoms with Crippen molar-refractivity contribution in [2.24, 2.45) is 0 Å². The Morgan fingerprint density at radius 1 is 1.32 bits per heavy atom. The number of hydrogen-bond acceptors (Lipinski definition) is 2. The fourth-order valence-electron chi connectivity index (χ4n) is 2.17. The second-order valence-corrected chi connectivity index (χ2v) is 5.04. The quantitative estimate of drug-likeness (QED) is 0.791. The molecule has 0 unspecified atom stereocenters. The van der Waals surface area contributed by atoms with Gasteiger partial charge in [-0.2, -0.15) is 5.10 Å². The van der Waals surface area contributed by atoms with Crippen LogP contribution in [0.1, 0.15) is 42.4 Å². The van der Waals surface area contributed by atoms with Gasteiger partial charge in [0.25, 0.3) is 0 Å². The van der Waals surface area contributed by atoms with Crippen LogP contribution in [0.4, 0.5) is 4.39 Å². The summed E-state index contributed by atoms with van der Waals surface area (Å²) in [5, 5.41) is 4.46. The summed E-state index contributed by atoms with van der Waals surface area (Å²) in [6.07, 6.45) is 2.56. The highest BCUT2D eigenvalue weighted by Gasteiger charge is 2.29. The fourth-order valence-corrected chi connectivity index (χ4v) is 2.17. The maximum Gasteiger partial charge on any atom is 0.153 e. The molecule has 100 valence electrons. The molecular formula is C15H17FN2O. The van der Waals surface area contributed by atoms with E-state index in [0.29, 0.717) is 12.1 Å². The first-order chi connectivity index (χ1) is 8.98. The van der Waals surface area contributed by atoms with Gasteiger partial charge in [0.2, 0.25) is 0 Å². The first-order valence-electron chi connectivity index (χ1n) is 6.28. The summed E-state index contributed by atoms with van der Waals surface area (Å²) >= 11 is 0. The summed E-state index contributed by atoms with van der Waals surface area (Å²) in [6.45, 7) is 6.64. The van der Waals surface area contributed by atoms with Gasteiger partial charge in [0.1, 0.15) is 5.82 Å². The number of carbonyl (C=O) groups excluding carboxylic acids is 1. The second-order valence-electron chi connectivity index (χ2n) is 5.04. The molecule has 0 bridgehead atoms. The van der Waals surface area contributed by atoms with Gasteiger partial charge in [-0.1, -0.05) is 26.0 Å². The molecule has 1 aromatic heterocycles. The standard InChI is InChI=1S/C15H17FN2O/c1-4-18-9-11(10-19)14(17-18)15(2,3)12-5-7-13(16)8-6-12/h5-10H,4H2,1-3H3. The Bertz CT molecular complexity index is 585. The van der Waals surface area contributed by atoms with Crippen molar-refractivity contribution in [3.05, 3.63) is 53.1 Å².